The first-order valence-electron chi connectivity index (χ1n) is 11.0. The lowest BCUT2D eigenvalue weighted by molar-refractivity contribution is -0.134. The van der Waals surface area contributed by atoms with Gasteiger partial charge in [0.05, 0.1) is 24.7 Å². The van der Waals surface area contributed by atoms with E-state index in [1.165, 1.54) is 22.0 Å². The highest BCUT2D eigenvalue weighted by Gasteiger charge is 2.31. The zero-order valence-corrected chi connectivity index (χ0v) is 17.5. The average molecular weight is 418 g/mol. The molecule has 1 atom stereocenters. The first kappa shape index (κ1) is 19.8. The molecule has 31 heavy (non-hydrogen) atoms. The van der Waals surface area contributed by atoms with Crippen LogP contribution in [0.2, 0.25) is 0 Å². The van der Waals surface area contributed by atoms with Crippen molar-refractivity contribution in [1.82, 2.24) is 25.7 Å². The maximum Gasteiger partial charge on any atom is 0.237 e. The molecule has 3 aromatic rings. The fourth-order valence-electron chi connectivity index (χ4n) is 4.71. The molecular weight excluding hydrogens is 390 g/mol. The van der Waals surface area contributed by atoms with Crippen molar-refractivity contribution in [3.8, 4) is 0 Å². The second-order valence-electron chi connectivity index (χ2n) is 8.42. The highest BCUT2D eigenvalue weighted by Crippen LogP contribution is 2.23. The molecule has 2 aliphatic rings. The molecule has 0 saturated carbocycles. The molecule has 0 unspecified atom stereocenters. The number of fused-ring (bicyclic) bond motifs is 2. The van der Waals surface area contributed by atoms with Gasteiger partial charge in [-0.05, 0) is 47.2 Å². The van der Waals surface area contributed by atoms with Gasteiger partial charge in [-0.3, -0.25) is 19.6 Å². The Balaban J connectivity index is 1.24. The Bertz CT molecular complexity index is 1120. The van der Waals surface area contributed by atoms with Gasteiger partial charge in [-0.1, -0.05) is 36.4 Å². The van der Waals surface area contributed by atoms with E-state index in [0.29, 0.717) is 19.6 Å². The summed E-state index contributed by atoms with van der Waals surface area (Å²) < 4.78 is 0. The number of H-pyrrole nitrogens is 1. The summed E-state index contributed by atoms with van der Waals surface area (Å²) in [5.41, 5.74) is 4.50. The number of nitrogens with zero attached hydrogens (tertiary/aromatic N) is 2. The predicted octanol–water partition coefficient (Wildman–Crippen LogP) is 2.06. The molecule has 0 spiro atoms. The quantitative estimate of drug-likeness (QED) is 0.573. The van der Waals surface area contributed by atoms with Crippen LogP contribution in [0.5, 0.6) is 0 Å². The minimum absolute atomic E-state index is 0.0807. The normalized spacial score (nSPS) is 18.7. The van der Waals surface area contributed by atoms with Gasteiger partial charge in [-0.15, -0.1) is 0 Å². The van der Waals surface area contributed by atoms with Crippen LogP contribution in [0.25, 0.3) is 10.8 Å². The number of hydrogen-bond acceptors (Lipinski definition) is 4. The van der Waals surface area contributed by atoms with Gasteiger partial charge in [0, 0.05) is 25.3 Å². The number of amides is 2. The fourth-order valence-corrected chi connectivity index (χ4v) is 4.71. The lowest BCUT2D eigenvalue weighted by atomic mass is 10.0. The minimum atomic E-state index is -0.467. The fraction of sp³-hybridized carbons (Fsp3) is 0.375. The average Bonchev–Trinajstić information content (AvgIpc) is 3.39. The maximum atomic E-state index is 12.7. The molecule has 1 fully saturated rings. The van der Waals surface area contributed by atoms with Crippen molar-refractivity contribution in [3.63, 3.8) is 0 Å². The third-order valence-corrected chi connectivity index (χ3v) is 6.36. The van der Waals surface area contributed by atoms with E-state index < -0.39 is 6.04 Å². The van der Waals surface area contributed by atoms with Crippen LogP contribution in [0, 0.1) is 0 Å². The van der Waals surface area contributed by atoms with Crippen molar-refractivity contribution in [2.75, 3.05) is 13.1 Å². The maximum absolute atomic E-state index is 12.7. The van der Waals surface area contributed by atoms with Crippen LogP contribution in [-0.2, 0) is 35.5 Å². The number of aromatic amines is 1. The molecule has 5 rings (SSSR count). The molecule has 2 amide bonds. The first-order valence-corrected chi connectivity index (χ1v) is 11.0. The molecule has 1 saturated heterocycles. The number of piperazine rings is 1. The number of benzene rings is 2. The van der Waals surface area contributed by atoms with Crippen LogP contribution < -0.4 is 10.6 Å². The van der Waals surface area contributed by atoms with Crippen molar-refractivity contribution in [2.24, 2.45) is 0 Å². The number of hydrogen-bond donors (Lipinski definition) is 3. The van der Waals surface area contributed by atoms with Crippen LogP contribution in [0.3, 0.4) is 0 Å². The van der Waals surface area contributed by atoms with Crippen LogP contribution >= 0.6 is 0 Å². The summed E-state index contributed by atoms with van der Waals surface area (Å²) in [5.74, 6) is -0.205. The molecule has 7 nitrogen and oxygen atoms in total. The van der Waals surface area contributed by atoms with E-state index in [4.69, 9.17) is 0 Å². The van der Waals surface area contributed by atoms with Crippen molar-refractivity contribution >= 4 is 22.6 Å². The minimum Gasteiger partial charge on any atom is -0.353 e. The van der Waals surface area contributed by atoms with E-state index in [-0.39, 0.29) is 18.2 Å². The number of aromatic nitrogens is 2. The summed E-state index contributed by atoms with van der Waals surface area (Å²) >= 11 is 0. The molecule has 160 valence electrons. The summed E-state index contributed by atoms with van der Waals surface area (Å²) in [6.45, 7) is 2.38. The SMILES string of the molecule is O=C(C[C@@H]1C(=O)NCCN1Cc1ccc2ccccc2c1)NCc1n[nH]c2c1CCC2. The topological polar surface area (TPSA) is 90.1 Å². The van der Waals surface area contributed by atoms with Gasteiger partial charge in [0.25, 0.3) is 0 Å². The van der Waals surface area contributed by atoms with Crippen LogP contribution in [0.4, 0.5) is 0 Å². The van der Waals surface area contributed by atoms with Gasteiger partial charge in [0.15, 0.2) is 0 Å². The second-order valence-corrected chi connectivity index (χ2v) is 8.42. The lowest BCUT2D eigenvalue weighted by Crippen LogP contribution is -2.56. The van der Waals surface area contributed by atoms with E-state index in [1.807, 2.05) is 12.1 Å². The highest BCUT2D eigenvalue weighted by atomic mass is 16.2. The van der Waals surface area contributed by atoms with Gasteiger partial charge in [0.1, 0.15) is 0 Å². The third-order valence-electron chi connectivity index (χ3n) is 6.36. The van der Waals surface area contributed by atoms with Crippen LogP contribution in [-0.4, -0.2) is 46.0 Å². The number of carbonyl (C=O) groups is 2. The molecule has 1 aromatic heterocycles. The number of aryl methyl sites for hydroxylation is 1. The molecule has 1 aliphatic heterocycles. The monoisotopic (exact) mass is 417 g/mol. The van der Waals surface area contributed by atoms with Gasteiger partial charge in [-0.2, -0.15) is 5.10 Å². The largest absolute Gasteiger partial charge is 0.353 e. The Labute approximate surface area is 181 Å². The van der Waals surface area contributed by atoms with Crippen molar-refractivity contribution in [2.45, 2.75) is 44.8 Å². The van der Waals surface area contributed by atoms with E-state index in [0.717, 1.165) is 37.1 Å². The standard InChI is InChI=1S/C24H27N5O2/c30-23(26-14-21-19-6-3-7-20(19)27-28-21)13-22-24(31)25-10-11-29(22)15-16-8-9-17-4-1-2-5-18(17)12-16/h1-2,4-5,8-9,12,22H,3,6-7,10-11,13-15H2,(H,25,31)(H,26,30)(H,27,28)/t22-/m1/s1. The Morgan fingerprint density at radius 3 is 2.94 bits per heavy atom. The molecule has 0 radical (unpaired) electrons. The van der Waals surface area contributed by atoms with Gasteiger partial charge in [0.2, 0.25) is 11.8 Å². The molecule has 2 aromatic carbocycles. The Morgan fingerprint density at radius 2 is 2.03 bits per heavy atom. The Morgan fingerprint density at radius 1 is 1.16 bits per heavy atom. The van der Waals surface area contributed by atoms with E-state index in [2.05, 4.69) is 56.1 Å². The smallest absolute Gasteiger partial charge is 0.237 e. The van der Waals surface area contributed by atoms with E-state index >= 15 is 0 Å². The van der Waals surface area contributed by atoms with Crippen molar-refractivity contribution < 1.29 is 9.59 Å². The van der Waals surface area contributed by atoms with Gasteiger partial charge >= 0.3 is 0 Å². The lowest BCUT2D eigenvalue weighted by Gasteiger charge is -2.34. The van der Waals surface area contributed by atoms with Crippen LogP contribution in [0.15, 0.2) is 42.5 Å². The molecule has 7 heteroatoms. The highest BCUT2D eigenvalue weighted by molar-refractivity contribution is 5.89. The molecule has 1 aliphatic carbocycles. The number of rotatable bonds is 6. The zero-order valence-electron chi connectivity index (χ0n) is 17.5. The Kier molecular flexibility index (Phi) is 5.42. The molecule has 0 bridgehead atoms. The third kappa shape index (κ3) is 4.18. The number of carbonyl (C=O) groups excluding carboxylic acids is 2. The summed E-state index contributed by atoms with van der Waals surface area (Å²) in [6, 6.07) is 14.2. The second kappa shape index (κ2) is 8.51. The van der Waals surface area contributed by atoms with Gasteiger partial charge < -0.3 is 10.6 Å². The summed E-state index contributed by atoms with van der Waals surface area (Å²) in [5, 5.41) is 15.7. The molecular formula is C24H27N5O2. The van der Waals surface area contributed by atoms with Crippen molar-refractivity contribution in [1.29, 1.82) is 0 Å². The molecule has 3 N–H and O–H groups in total. The predicted molar refractivity (Wildman–Crippen MR) is 118 cm³/mol. The van der Waals surface area contributed by atoms with Crippen molar-refractivity contribution in [3.05, 3.63) is 65.0 Å². The molecule has 2 heterocycles. The van der Waals surface area contributed by atoms with E-state index in [1.54, 1.807) is 0 Å². The van der Waals surface area contributed by atoms with E-state index in [9.17, 15) is 9.59 Å². The number of nitrogens with one attached hydrogen (secondary N) is 3. The summed E-state index contributed by atoms with van der Waals surface area (Å²) in [7, 11) is 0. The Hall–Kier alpha value is -3.19. The van der Waals surface area contributed by atoms with Gasteiger partial charge in [-0.25, -0.2) is 0 Å². The first-order chi connectivity index (χ1) is 15.2. The zero-order chi connectivity index (χ0) is 21.2. The summed E-state index contributed by atoms with van der Waals surface area (Å²) in [6.07, 6.45) is 3.33. The summed E-state index contributed by atoms with van der Waals surface area (Å²) in [4.78, 5) is 27.4. The van der Waals surface area contributed by atoms with Crippen LogP contribution in [0.1, 0.15) is 35.4 Å².